The fraction of sp³-hybridized carbons (Fsp3) is 0.632. The first kappa shape index (κ1) is 24.1. The van der Waals surface area contributed by atoms with Crippen molar-refractivity contribution in [3.05, 3.63) is 29.3 Å². The van der Waals surface area contributed by atoms with Crippen LogP contribution >= 0.6 is 0 Å². The van der Waals surface area contributed by atoms with E-state index in [0.717, 1.165) is 25.9 Å². The summed E-state index contributed by atoms with van der Waals surface area (Å²) in [4.78, 5) is 13.4. The van der Waals surface area contributed by atoms with Crippen LogP contribution in [0.2, 0.25) is 0 Å². The number of hydrogen-bond acceptors (Lipinski definition) is 4. The summed E-state index contributed by atoms with van der Waals surface area (Å²) < 4.78 is 82.4. The lowest BCUT2D eigenvalue weighted by atomic mass is 9.96. The Morgan fingerprint density at radius 2 is 1.63 bits per heavy atom. The number of benzene rings is 1. The van der Waals surface area contributed by atoms with Crippen LogP contribution < -0.4 is 10.6 Å². The maximum atomic E-state index is 12.9. The second-order valence-corrected chi connectivity index (χ2v) is 7.11. The fourth-order valence-electron chi connectivity index (χ4n) is 3.23. The van der Waals surface area contributed by atoms with Crippen molar-refractivity contribution in [3.63, 3.8) is 0 Å². The second kappa shape index (κ2) is 10.2. The van der Waals surface area contributed by atoms with Gasteiger partial charge in [-0.15, -0.1) is 0 Å². The van der Waals surface area contributed by atoms with Crippen LogP contribution in [0.4, 0.5) is 36.8 Å². The van der Waals surface area contributed by atoms with Crippen LogP contribution in [0.5, 0.6) is 0 Å². The van der Waals surface area contributed by atoms with Gasteiger partial charge in [-0.3, -0.25) is 0 Å². The van der Waals surface area contributed by atoms with Crippen LogP contribution in [0.1, 0.15) is 30.9 Å². The van der Waals surface area contributed by atoms with E-state index in [4.69, 9.17) is 4.74 Å². The number of anilines is 1. The van der Waals surface area contributed by atoms with Gasteiger partial charge in [0, 0.05) is 25.3 Å². The summed E-state index contributed by atoms with van der Waals surface area (Å²) >= 11 is 0. The Bertz CT molecular complexity index is 668. The number of halogens is 6. The molecule has 5 nitrogen and oxygen atoms in total. The second-order valence-electron chi connectivity index (χ2n) is 7.11. The van der Waals surface area contributed by atoms with Crippen LogP contribution in [0.25, 0.3) is 0 Å². The predicted molar refractivity (Wildman–Crippen MR) is 99.1 cm³/mol. The standard InChI is InChI=1S/C19H25F6N3O2/c1-2-30-17(29)26-5-8-28-6-3-13(4-7-28)12-27-16-10-14(18(20,21)22)9-15(11-16)19(23,24)25/h9-11,13,27H,2-8,12H2,1H3,(H,26,29). The van der Waals surface area contributed by atoms with E-state index in [2.05, 4.69) is 15.5 Å². The van der Waals surface area contributed by atoms with Gasteiger partial charge in [-0.05, 0) is 57.0 Å². The number of alkyl halides is 6. The van der Waals surface area contributed by atoms with Crippen molar-refractivity contribution in [2.24, 2.45) is 5.92 Å². The number of rotatable bonds is 7. The molecule has 1 heterocycles. The Balaban J connectivity index is 1.85. The van der Waals surface area contributed by atoms with Crippen LogP contribution in [0.3, 0.4) is 0 Å². The minimum Gasteiger partial charge on any atom is -0.450 e. The molecule has 1 aromatic rings. The topological polar surface area (TPSA) is 53.6 Å². The lowest BCUT2D eigenvalue weighted by Crippen LogP contribution is -2.40. The quantitative estimate of drug-likeness (QED) is 0.608. The zero-order valence-electron chi connectivity index (χ0n) is 16.5. The number of likely N-dealkylation sites (tertiary alicyclic amines) is 1. The first-order valence-electron chi connectivity index (χ1n) is 9.65. The maximum absolute atomic E-state index is 12.9. The Morgan fingerprint density at radius 3 is 2.13 bits per heavy atom. The Hall–Kier alpha value is -2.17. The van der Waals surface area contributed by atoms with Crippen molar-refractivity contribution in [2.75, 3.05) is 44.6 Å². The summed E-state index contributed by atoms with van der Waals surface area (Å²) in [5, 5.41) is 5.36. The van der Waals surface area contributed by atoms with Gasteiger partial charge in [0.05, 0.1) is 17.7 Å². The summed E-state index contributed by atoms with van der Waals surface area (Å²) in [6, 6.07) is 1.52. The molecule has 0 bridgehead atoms. The van der Waals surface area contributed by atoms with Gasteiger partial charge in [0.1, 0.15) is 0 Å². The molecular formula is C19H25F6N3O2. The third kappa shape index (κ3) is 7.58. The molecule has 170 valence electrons. The highest BCUT2D eigenvalue weighted by atomic mass is 19.4. The lowest BCUT2D eigenvalue weighted by Gasteiger charge is -2.32. The molecule has 11 heteroatoms. The molecule has 1 aromatic carbocycles. The van der Waals surface area contributed by atoms with Crippen molar-refractivity contribution in [2.45, 2.75) is 32.1 Å². The van der Waals surface area contributed by atoms with Gasteiger partial charge >= 0.3 is 18.4 Å². The number of carbonyl (C=O) groups is 1. The molecule has 1 amide bonds. The Morgan fingerprint density at radius 1 is 1.07 bits per heavy atom. The molecule has 0 radical (unpaired) electrons. The largest absolute Gasteiger partial charge is 0.450 e. The van der Waals surface area contributed by atoms with E-state index in [1.54, 1.807) is 6.92 Å². The number of hydrogen-bond donors (Lipinski definition) is 2. The normalized spacial score (nSPS) is 16.4. The number of nitrogens with one attached hydrogen (secondary N) is 2. The monoisotopic (exact) mass is 441 g/mol. The van der Waals surface area contributed by atoms with Crippen molar-refractivity contribution >= 4 is 11.8 Å². The van der Waals surface area contributed by atoms with Gasteiger partial charge in [-0.2, -0.15) is 26.3 Å². The first-order chi connectivity index (χ1) is 14.0. The number of carbonyl (C=O) groups excluding carboxylic acids is 1. The van der Waals surface area contributed by atoms with E-state index in [1.807, 2.05) is 0 Å². The molecule has 1 aliphatic heterocycles. The molecule has 0 aromatic heterocycles. The number of nitrogens with zero attached hydrogens (tertiary/aromatic N) is 1. The number of piperidine rings is 1. The van der Waals surface area contributed by atoms with Crippen LogP contribution in [0, 0.1) is 5.92 Å². The molecule has 2 N–H and O–H groups in total. The van der Waals surface area contributed by atoms with Crippen molar-refractivity contribution < 1.29 is 35.9 Å². The average molecular weight is 441 g/mol. The van der Waals surface area contributed by atoms with Crippen molar-refractivity contribution in [1.82, 2.24) is 10.2 Å². The van der Waals surface area contributed by atoms with Gasteiger partial charge in [0.2, 0.25) is 0 Å². The summed E-state index contributed by atoms with van der Waals surface area (Å²) in [5.74, 6) is 0.128. The van der Waals surface area contributed by atoms with Gasteiger partial charge in [-0.1, -0.05) is 0 Å². The minimum atomic E-state index is -4.86. The zero-order valence-corrected chi connectivity index (χ0v) is 16.5. The van der Waals surface area contributed by atoms with Gasteiger partial charge < -0.3 is 20.3 Å². The maximum Gasteiger partial charge on any atom is 0.416 e. The van der Waals surface area contributed by atoms with Gasteiger partial charge in [0.25, 0.3) is 0 Å². The van der Waals surface area contributed by atoms with Crippen LogP contribution in [0.15, 0.2) is 18.2 Å². The molecule has 0 unspecified atom stereocenters. The SMILES string of the molecule is CCOC(=O)NCCN1CCC(CNc2cc(C(F)(F)F)cc(C(F)(F)F)c2)CC1. The van der Waals surface area contributed by atoms with E-state index in [0.29, 0.717) is 31.8 Å². The molecule has 30 heavy (non-hydrogen) atoms. The summed E-state index contributed by atoms with van der Waals surface area (Å²) in [6.07, 6.45) is -8.70. The Labute approximate surface area is 170 Å². The summed E-state index contributed by atoms with van der Waals surface area (Å²) in [5.41, 5.74) is -2.86. The minimum absolute atomic E-state index is 0.119. The molecular weight excluding hydrogens is 416 g/mol. The Kier molecular flexibility index (Phi) is 8.22. The highest BCUT2D eigenvalue weighted by Gasteiger charge is 2.37. The lowest BCUT2D eigenvalue weighted by molar-refractivity contribution is -0.143. The molecule has 0 aliphatic carbocycles. The number of alkyl carbamates (subject to hydrolysis) is 1. The number of ether oxygens (including phenoxy) is 1. The smallest absolute Gasteiger partial charge is 0.416 e. The molecule has 1 aliphatic rings. The van der Waals surface area contributed by atoms with E-state index in [-0.39, 0.29) is 24.2 Å². The third-order valence-electron chi connectivity index (χ3n) is 4.86. The average Bonchev–Trinajstić information content (AvgIpc) is 2.66. The molecule has 1 fully saturated rings. The van der Waals surface area contributed by atoms with Crippen LogP contribution in [-0.2, 0) is 17.1 Å². The number of amides is 1. The highest BCUT2D eigenvalue weighted by Crippen LogP contribution is 2.37. The third-order valence-corrected chi connectivity index (χ3v) is 4.86. The van der Waals surface area contributed by atoms with Gasteiger partial charge in [0.15, 0.2) is 0 Å². The molecule has 0 saturated carbocycles. The first-order valence-corrected chi connectivity index (χ1v) is 9.65. The fourth-order valence-corrected chi connectivity index (χ4v) is 3.23. The van der Waals surface area contributed by atoms with Gasteiger partial charge in [-0.25, -0.2) is 4.79 Å². The van der Waals surface area contributed by atoms with Crippen molar-refractivity contribution in [3.8, 4) is 0 Å². The van der Waals surface area contributed by atoms with E-state index < -0.39 is 29.6 Å². The highest BCUT2D eigenvalue weighted by molar-refractivity contribution is 5.66. The molecule has 0 atom stereocenters. The van der Waals surface area contributed by atoms with E-state index in [1.165, 1.54) is 0 Å². The molecule has 2 rings (SSSR count). The van der Waals surface area contributed by atoms with E-state index in [9.17, 15) is 31.1 Å². The van der Waals surface area contributed by atoms with Crippen molar-refractivity contribution in [1.29, 1.82) is 0 Å². The predicted octanol–water partition coefficient (Wildman–Crippen LogP) is 4.59. The van der Waals surface area contributed by atoms with E-state index >= 15 is 0 Å². The summed E-state index contributed by atoms with van der Waals surface area (Å²) in [7, 11) is 0. The van der Waals surface area contributed by atoms with Crippen LogP contribution in [-0.4, -0.2) is 50.3 Å². The summed E-state index contributed by atoms with van der Waals surface area (Å²) in [6.45, 7) is 4.82. The molecule has 0 spiro atoms. The zero-order chi connectivity index (χ0) is 22.4. The molecule has 1 saturated heterocycles.